The number of pyridine rings is 1. The van der Waals surface area contributed by atoms with E-state index in [0.29, 0.717) is 12.0 Å². The Morgan fingerprint density at radius 3 is 2.91 bits per heavy atom. The van der Waals surface area contributed by atoms with Crippen molar-refractivity contribution in [2.24, 2.45) is 0 Å². The number of halogens is 1. The summed E-state index contributed by atoms with van der Waals surface area (Å²) in [6.07, 6.45) is 5.87. The van der Waals surface area contributed by atoms with Crippen LogP contribution in [0.15, 0.2) is 42.6 Å². The molecule has 0 amide bonds. The molecule has 4 rings (SSSR count). The molecule has 0 saturated carbocycles. The first-order valence-corrected chi connectivity index (χ1v) is 8.11. The minimum Gasteiger partial charge on any atom is -0.297 e. The van der Waals surface area contributed by atoms with Crippen LogP contribution in [-0.2, 0) is 6.42 Å². The van der Waals surface area contributed by atoms with E-state index < -0.39 is 0 Å². The van der Waals surface area contributed by atoms with Crippen LogP contribution in [0.1, 0.15) is 36.8 Å². The molecule has 3 aromatic rings. The molecule has 1 aromatic carbocycles. The summed E-state index contributed by atoms with van der Waals surface area (Å²) in [6, 6.07) is 10.8. The Kier molecular flexibility index (Phi) is 3.79. The van der Waals surface area contributed by atoms with Gasteiger partial charge < -0.3 is 0 Å². The molecule has 1 N–H and O–H groups in total. The Bertz CT molecular complexity index is 821. The Hall–Kier alpha value is -2.27. The molecular formula is C18H19FN4. The van der Waals surface area contributed by atoms with Crippen LogP contribution in [0.25, 0.3) is 11.2 Å². The van der Waals surface area contributed by atoms with Gasteiger partial charge in [0, 0.05) is 12.6 Å². The second-order valence-corrected chi connectivity index (χ2v) is 5.98. The van der Waals surface area contributed by atoms with Gasteiger partial charge in [0.05, 0.1) is 6.17 Å². The highest BCUT2D eigenvalue weighted by Crippen LogP contribution is 2.25. The van der Waals surface area contributed by atoms with Crippen molar-refractivity contribution in [3.05, 3.63) is 59.8 Å². The fraction of sp³-hybridized carbons (Fsp3) is 0.333. The highest BCUT2D eigenvalue weighted by Gasteiger charge is 2.22. The van der Waals surface area contributed by atoms with Crippen molar-refractivity contribution < 1.29 is 4.39 Å². The molecule has 0 spiro atoms. The first-order valence-electron chi connectivity index (χ1n) is 8.11. The third kappa shape index (κ3) is 2.72. The molecule has 5 heteroatoms. The summed E-state index contributed by atoms with van der Waals surface area (Å²) < 4.78 is 16.2. The lowest BCUT2D eigenvalue weighted by atomic mass is 10.1. The monoisotopic (exact) mass is 310 g/mol. The summed E-state index contributed by atoms with van der Waals surface area (Å²) in [6.45, 7) is 0.996. The smallest absolute Gasteiger partial charge is 0.161 e. The van der Waals surface area contributed by atoms with Gasteiger partial charge in [-0.25, -0.2) is 14.4 Å². The molecule has 23 heavy (non-hydrogen) atoms. The molecule has 0 aliphatic carbocycles. The SMILES string of the molecule is Fc1ccccc1Cc1nc2cccnc2n1C1CCCCN1. The molecule has 1 saturated heterocycles. The van der Waals surface area contributed by atoms with Crippen LogP contribution in [0.3, 0.4) is 0 Å². The van der Waals surface area contributed by atoms with Crippen LogP contribution in [0.4, 0.5) is 4.39 Å². The van der Waals surface area contributed by atoms with Gasteiger partial charge in [0.25, 0.3) is 0 Å². The molecule has 4 nitrogen and oxygen atoms in total. The summed E-state index contributed by atoms with van der Waals surface area (Å²) in [5.41, 5.74) is 2.41. The van der Waals surface area contributed by atoms with Gasteiger partial charge in [-0.05, 0) is 49.6 Å². The molecule has 118 valence electrons. The summed E-state index contributed by atoms with van der Waals surface area (Å²) in [4.78, 5) is 9.23. The van der Waals surface area contributed by atoms with Crippen molar-refractivity contribution in [3.63, 3.8) is 0 Å². The summed E-state index contributed by atoms with van der Waals surface area (Å²) in [5, 5.41) is 3.54. The number of nitrogens with zero attached hydrogens (tertiary/aromatic N) is 3. The van der Waals surface area contributed by atoms with Gasteiger partial charge in [0.1, 0.15) is 17.2 Å². The molecule has 2 aromatic heterocycles. The van der Waals surface area contributed by atoms with Gasteiger partial charge in [0.2, 0.25) is 0 Å². The van der Waals surface area contributed by atoms with E-state index in [-0.39, 0.29) is 12.0 Å². The molecule has 1 aliphatic rings. The van der Waals surface area contributed by atoms with Crippen LogP contribution in [0.5, 0.6) is 0 Å². The predicted octanol–water partition coefficient (Wildman–Crippen LogP) is 3.43. The molecule has 1 unspecified atom stereocenters. The molecular weight excluding hydrogens is 291 g/mol. The number of imidazole rings is 1. The quantitative estimate of drug-likeness (QED) is 0.806. The van der Waals surface area contributed by atoms with Crippen LogP contribution >= 0.6 is 0 Å². The molecule has 1 aliphatic heterocycles. The maximum Gasteiger partial charge on any atom is 0.161 e. The van der Waals surface area contributed by atoms with Crippen LogP contribution < -0.4 is 5.32 Å². The fourth-order valence-corrected chi connectivity index (χ4v) is 3.29. The van der Waals surface area contributed by atoms with Crippen LogP contribution in [0, 0.1) is 5.82 Å². The first kappa shape index (κ1) is 14.3. The Labute approximate surface area is 134 Å². The Morgan fingerprint density at radius 1 is 1.17 bits per heavy atom. The van der Waals surface area contributed by atoms with Crippen molar-refractivity contribution in [1.82, 2.24) is 19.9 Å². The van der Waals surface area contributed by atoms with Gasteiger partial charge in [-0.1, -0.05) is 18.2 Å². The third-order valence-corrected chi connectivity index (χ3v) is 4.42. The predicted molar refractivity (Wildman–Crippen MR) is 87.6 cm³/mol. The normalized spacial score (nSPS) is 18.4. The summed E-state index contributed by atoms with van der Waals surface area (Å²) in [7, 11) is 0. The summed E-state index contributed by atoms with van der Waals surface area (Å²) in [5.74, 6) is 0.680. The van der Waals surface area contributed by atoms with E-state index in [0.717, 1.165) is 30.0 Å². The first-order chi connectivity index (χ1) is 11.3. The van der Waals surface area contributed by atoms with Crippen molar-refractivity contribution in [3.8, 4) is 0 Å². The van der Waals surface area contributed by atoms with E-state index >= 15 is 0 Å². The lowest BCUT2D eigenvalue weighted by molar-refractivity contribution is 0.320. The minimum atomic E-state index is -0.185. The highest BCUT2D eigenvalue weighted by atomic mass is 19.1. The van der Waals surface area contributed by atoms with Crippen LogP contribution in [-0.4, -0.2) is 21.1 Å². The lowest BCUT2D eigenvalue weighted by Gasteiger charge is -2.26. The standard InChI is InChI=1S/C18H19FN4/c19-14-7-2-1-6-13(14)12-17-22-15-8-5-11-21-18(15)23(17)16-9-3-4-10-20-16/h1-2,5-8,11,16,20H,3-4,9-10,12H2. The van der Waals surface area contributed by atoms with Crippen molar-refractivity contribution in [2.45, 2.75) is 31.8 Å². The Morgan fingerprint density at radius 2 is 2.09 bits per heavy atom. The van der Waals surface area contributed by atoms with E-state index in [1.807, 2.05) is 24.3 Å². The highest BCUT2D eigenvalue weighted by molar-refractivity contribution is 5.71. The Balaban J connectivity index is 1.80. The van der Waals surface area contributed by atoms with Gasteiger partial charge in [-0.3, -0.25) is 9.88 Å². The second kappa shape index (κ2) is 6.08. The zero-order chi connectivity index (χ0) is 15.6. The van der Waals surface area contributed by atoms with Crippen LogP contribution in [0.2, 0.25) is 0 Å². The largest absolute Gasteiger partial charge is 0.297 e. The van der Waals surface area contributed by atoms with Gasteiger partial charge >= 0.3 is 0 Å². The number of fused-ring (bicyclic) bond motifs is 1. The zero-order valence-corrected chi connectivity index (χ0v) is 12.9. The topological polar surface area (TPSA) is 42.7 Å². The van der Waals surface area contributed by atoms with E-state index in [9.17, 15) is 4.39 Å². The maximum absolute atomic E-state index is 14.0. The van der Waals surface area contributed by atoms with Crippen molar-refractivity contribution >= 4 is 11.2 Å². The fourth-order valence-electron chi connectivity index (χ4n) is 3.29. The number of benzene rings is 1. The number of hydrogen-bond acceptors (Lipinski definition) is 3. The van der Waals surface area contributed by atoms with Gasteiger partial charge in [-0.15, -0.1) is 0 Å². The third-order valence-electron chi connectivity index (χ3n) is 4.42. The molecule has 0 radical (unpaired) electrons. The average molecular weight is 310 g/mol. The minimum absolute atomic E-state index is 0.185. The lowest BCUT2D eigenvalue weighted by Crippen LogP contribution is -2.32. The van der Waals surface area contributed by atoms with Gasteiger partial charge in [0.15, 0.2) is 5.65 Å². The molecule has 1 fully saturated rings. The zero-order valence-electron chi connectivity index (χ0n) is 12.9. The van der Waals surface area contributed by atoms with Crippen molar-refractivity contribution in [2.75, 3.05) is 6.54 Å². The van der Waals surface area contributed by atoms with E-state index in [4.69, 9.17) is 4.98 Å². The average Bonchev–Trinajstić information content (AvgIpc) is 2.95. The number of piperidine rings is 1. The number of rotatable bonds is 3. The maximum atomic E-state index is 14.0. The number of nitrogens with one attached hydrogen (secondary N) is 1. The molecule has 3 heterocycles. The van der Waals surface area contributed by atoms with E-state index in [1.54, 1.807) is 12.3 Å². The number of aromatic nitrogens is 3. The number of hydrogen-bond donors (Lipinski definition) is 1. The van der Waals surface area contributed by atoms with E-state index in [1.165, 1.54) is 18.9 Å². The van der Waals surface area contributed by atoms with Gasteiger partial charge in [-0.2, -0.15) is 0 Å². The van der Waals surface area contributed by atoms with E-state index in [2.05, 4.69) is 14.9 Å². The summed E-state index contributed by atoms with van der Waals surface area (Å²) >= 11 is 0. The molecule has 0 bridgehead atoms. The van der Waals surface area contributed by atoms with Crippen molar-refractivity contribution in [1.29, 1.82) is 0 Å². The second-order valence-electron chi connectivity index (χ2n) is 5.98. The molecule has 1 atom stereocenters.